The lowest BCUT2D eigenvalue weighted by molar-refractivity contribution is -0.905. The van der Waals surface area contributed by atoms with Crippen LogP contribution in [0, 0.1) is 0 Å². The molecular weight excluding hydrogens is 268 g/mol. The molecule has 0 aromatic heterocycles. The van der Waals surface area contributed by atoms with Gasteiger partial charge in [-0.1, -0.05) is 13.5 Å². The predicted octanol–water partition coefficient (Wildman–Crippen LogP) is -1.56. The first-order valence-corrected chi connectivity index (χ1v) is 5.81. The molecule has 0 aromatic rings. The summed E-state index contributed by atoms with van der Waals surface area (Å²) in [5.41, 5.74) is 0.386. The Hall–Kier alpha value is -1.33. The number of aliphatic carboxylic acids is 1. The molecule has 0 saturated carbocycles. The summed E-state index contributed by atoms with van der Waals surface area (Å²) in [7, 11) is 5.88. The second-order valence-corrected chi connectivity index (χ2v) is 5.15. The molecule has 0 saturated heterocycles. The molecule has 0 spiro atoms. The van der Waals surface area contributed by atoms with E-state index in [1.807, 2.05) is 28.1 Å². The average molecular weight is 291 g/mol. The van der Waals surface area contributed by atoms with Crippen molar-refractivity contribution in [2.45, 2.75) is 26.4 Å². The molecule has 0 aromatic carbocycles. The van der Waals surface area contributed by atoms with E-state index in [9.17, 15) is 9.59 Å². The van der Waals surface area contributed by atoms with Gasteiger partial charge >= 0.3 is 5.97 Å². The predicted molar refractivity (Wildman–Crippen MR) is 70.5 cm³/mol. The molecule has 1 N–H and O–H groups in total. The molecule has 1 amide bonds. The Labute approximate surface area is 121 Å². The van der Waals surface area contributed by atoms with Gasteiger partial charge in [-0.2, -0.15) is 0 Å². The molecule has 0 aliphatic rings. The molecule has 6 heteroatoms. The second kappa shape index (κ2) is 7.96. The van der Waals surface area contributed by atoms with Gasteiger partial charge in [0.1, 0.15) is 0 Å². The van der Waals surface area contributed by atoms with Crippen molar-refractivity contribution in [2.75, 3.05) is 21.1 Å². The van der Waals surface area contributed by atoms with Gasteiger partial charge in [-0.05, 0) is 6.92 Å². The van der Waals surface area contributed by atoms with E-state index < -0.39 is 5.97 Å². The number of carbonyl (C=O) groups excluding carboxylic acids is 1. The summed E-state index contributed by atoms with van der Waals surface area (Å²) < 4.78 is 0.527. The van der Waals surface area contributed by atoms with Crippen molar-refractivity contribution < 1.29 is 31.6 Å². The molecule has 0 aliphatic carbocycles. The summed E-state index contributed by atoms with van der Waals surface area (Å²) >= 11 is 0. The summed E-state index contributed by atoms with van der Waals surface area (Å²) in [6, 6.07) is 0. The summed E-state index contributed by atoms with van der Waals surface area (Å²) in [4.78, 5) is 24.1. The molecule has 0 aliphatic heterocycles. The monoisotopic (exact) mass is 290 g/mol. The maximum absolute atomic E-state index is 12.1. The van der Waals surface area contributed by atoms with Gasteiger partial charge in [0.15, 0.2) is 6.17 Å². The third-order valence-corrected chi connectivity index (χ3v) is 2.56. The number of hydrogen-bond donors (Lipinski definition) is 1. The van der Waals surface area contributed by atoms with E-state index in [1.165, 1.54) is 11.1 Å². The standard InChI is InChI=1S/C13H22N2O3.ClH/c1-7-11(15(4,5)6)14(9-8-12(16)17)13(18)10(2)3;/h8-9,11H,2,7H2,1,3-6H3;1H. The number of hydrogen-bond acceptors (Lipinski definition) is 2. The number of carboxylic acids is 1. The van der Waals surface area contributed by atoms with E-state index in [4.69, 9.17) is 5.11 Å². The number of amides is 1. The highest BCUT2D eigenvalue weighted by atomic mass is 35.5. The fraction of sp³-hybridized carbons (Fsp3) is 0.538. The van der Waals surface area contributed by atoms with E-state index in [0.717, 1.165) is 6.08 Å². The highest BCUT2D eigenvalue weighted by Crippen LogP contribution is 2.16. The third kappa shape index (κ3) is 6.40. The van der Waals surface area contributed by atoms with Gasteiger partial charge in [-0.3, -0.25) is 9.69 Å². The Morgan fingerprint density at radius 3 is 2.11 bits per heavy atom. The van der Waals surface area contributed by atoms with Gasteiger partial charge in [0.05, 0.1) is 21.1 Å². The van der Waals surface area contributed by atoms with Crippen molar-refractivity contribution in [3.8, 4) is 0 Å². The first-order chi connectivity index (χ1) is 8.11. The number of quaternary nitrogens is 1. The van der Waals surface area contributed by atoms with Crippen molar-refractivity contribution in [3.05, 3.63) is 24.4 Å². The molecule has 1 atom stereocenters. The lowest BCUT2D eigenvalue weighted by Crippen LogP contribution is -3.00. The largest absolute Gasteiger partial charge is 1.00 e. The number of carbonyl (C=O) groups is 2. The molecule has 0 heterocycles. The molecule has 0 bridgehead atoms. The molecule has 0 radical (unpaired) electrons. The number of halogens is 1. The van der Waals surface area contributed by atoms with Gasteiger partial charge in [-0.15, -0.1) is 0 Å². The van der Waals surface area contributed by atoms with Gasteiger partial charge in [0.2, 0.25) is 0 Å². The zero-order chi connectivity index (χ0) is 14.5. The van der Waals surface area contributed by atoms with Gasteiger partial charge in [-0.25, -0.2) is 4.79 Å². The van der Waals surface area contributed by atoms with Crippen LogP contribution in [-0.2, 0) is 9.59 Å². The molecule has 0 fully saturated rings. The minimum Gasteiger partial charge on any atom is -1.00 e. The van der Waals surface area contributed by atoms with Crippen LogP contribution in [0.5, 0.6) is 0 Å². The number of carboxylic acid groups (broad SMARTS) is 1. The molecule has 0 rings (SSSR count). The van der Waals surface area contributed by atoms with Crippen molar-refractivity contribution in [1.29, 1.82) is 0 Å². The van der Waals surface area contributed by atoms with Crippen LogP contribution in [0.1, 0.15) is 20.3 Å². The fourth-order valence-electron chi connectivity index (χ4n) is 1.78. The number of nitrogens with zero attached hydrogens (tertiary/aromatic N) is 2. The normalized spacial score (nSPS) is 12.7. The Balaban J connectivity index is 0. The highest BCUT2D eigenvalue weighted by Gasteiger charge is 2.31. The highest BCUT2D eigenvalue weighted by molar-refractivity contribution is 5.93. The van der Waals surface area contributed by atoms with Crippen molar-refractivity contribution >= 4 is 11.9 Å². The molecule has 5 nitrogen and oxygen atoms in total. The topological polar surface area (TPSA) is 57.6 Å². The van der Waals surface area contributed by atoms with Crippen molar-refractivity contribution in [1.82, 2.24) is 4.90 Å². The van der Waals surface area contributed by atoms with E-state index in [2.05, 4.69) is 6.58 Å². The minimum absolute atomic E-state index is 0. The average Bonchev–Trinajstić information content (AvgIpc) is 2.20. The van der Waals surface area contributed by atoms with Crippen LogP contribution in [0.2, 0.25) is 0 Å². The van der Waals surface area contributed by atoms with Crippen molar-refractivity contribution in [2.24, 2.45) is 0 Å². The van der Waals surface area contributed by atoms with Crippen LogP contribution in [0.25, 0.3) is 0 Å². The SMILES string of the molecule is C=C(C)C(=O)N(C=CC(=O)O)C(CC)[N+](C)(C)C.[Cl-]. The van der Waals surface area contributed by atoms with Crippen LogP contribution < -0.4 is 12.4 Å². The minimum atomic E-state index is -1.08. The van der Waals surface area contributed by atoms with Crippen molar-refractivity contribution in [3.63, 3.8) is 0 Å². The third-order valence-electron chi connectivity index (χ3n) is 2.56. The van der Waals surface area contributed by atoms with E-state index in [0.29, 0.717) is 16.5 Å². The Bertz CT molecular complexity index is 373. The quantitative estimate of drug-likeness (QED) is 0.366. The summed E-state index contributed by atoms with van der Waals surface area (Å²) in [6.45, 7) is 7.20. The van der Waals surface area contributed by atoms with E-state index >= 15 is 0 Å². The lowest BCUT2D eigenvalue weighted by Gasteiger charge is -2.39. The Morgan fingerprint density at radius 2 is 1.84 bits per heavy atom. The van der Waals surface area contributed by atoms with Crippen LogP contribution in [-0.4, -0.2) is 53.7 Å². The summed E-state index contributed by atoms with van der Waals surface area (Å²) in [5.74, 6) is -1.34. The Kier molecular flexibility index (Phi) is 8.38. The second-order valence-electron chi connectivity index (χ2n) is 5.15. The zero-order valence-corrected chi connectivity index (χ0v) is 12.9. The first kappa shape index (κ1) is 20.0. The molecular formula is C13H23ClN2O3. The summed E-state index contributed by atoms with van der Waals surface area (Å²) in [6.07, 6.45) is 2.87. The smallest absolute Gasteiger partial charge is 0.329 e. The van der Waals surface area contributed by atoms with Gasteiger partial charge < -0.3 is 22.0 Å². The van der Waals surface area contributed by atoms with Crippen LogP contribution in [0.4, 0.5) is 0 Å². The van der Waals surface area contributed by atoms with Crippen LogP contribution in [0.15, 0.2) is 24.4 Å². The van der Waals surface area contributed by atoms with Crippen LogP contribution >= 0.6 is 0 Å². The van der Waals surface area contributed by atoms with Gasteiger partial charge in [0, 0.05) is 24.3 Å². The maximum atomic E-state index is 12.1. The fourth-order valence-corrected chi connectivity index (χ4v) is 1.78. The lowest BCUT2D eigenvalue weighted by atomic mass is 10.2. The van der Waals surface area contributed by atoms with E-state index in [1.54, 1.807) is 6.92 Å². The molecule has 1 unspecified atom stereocenters. The van der Waals surface area contributed by atoms with E-state index in [-0.39, 0.29) is 24.5 Å². The zero-order valence-electron chi connectivity index (χ0n) is 12.2. The maximum Gasteiger partial charge on any atom is 0.329 e. The number of rotatable bonds is 6. The first-order valence-electron chi connectivity index (χ1n) is 5.81. The Morgan fingerprint density at radius 1 is 1.37 bits per heavy atom. The van der Waals surface area contributed by atoms with Crippen LogP contribution in [0.3, 0.4) is 0 Å². The van der Waals surface area contributed by atoms with Gasteiger partial charge in [0.25, 0.3) is 5.91 Å². The summed E-state index contributed by atoms with van der Waals surface area (Å²) in [5, 5.41) is 8.69. The molecule has 19 heavy (non-hydrogen) atoms. The molecule has 110 valence electrons.